The van der Waals surface area contributed by atoms with Crippen LogP contribution in [0.2, 0.25) is 0 Å². The Morgan fingerprint density at radius 1 is 1.35 bits per heavy atom. The van der Waals surface area contributed by atoms with Gasteiger partial charge in [-0.3, -0.25) is 30.2 Å². The first-order valence-electron chi connectivity index (χ1n) is 7.93. The van der Waals surface area contributed by atoms with E-state index in [1.807, 2.05) is 6.92 Å². The summed E-state index contributed by atoms with van der Waals surface area (Å²) in [6, 6.07) is 6.26. The van der Waals surface area contributed by atoms with E-state index in [-0.39, 0.29) is 5.69 Å². The number of hydroxylamine groups is 1. The van der Waals surface area contributed by atoms with Gasteiger partial charge >= 0.3 is 5.97 Å². The Labute approximate surface area is 151 Å². The van der Waals surface area contributed by atoms with Gasteiger partial charge in [-0.2, -0.15) is 0 Å². The molecule has 8 nitrogen and oxygen atoms in total. The van der Waals surface area contributed by atoms with Crippen LogP contribution in [0.4, 0.5) is 5.69 Å². The van der Waals surface area contributed by atoms with Crippen LogP contribution in [0, 0.1) is 16.0 Å². The first kappa shape index (κ1) is 19.3. The molecule has 0 saturated carbocycles. The van der Waals surface area contributed by atoms with Crippen LogP contribution < -0.4 is 5.48 Å². The van der Waals surface area contributed by atoms with Gasteiger partial charge in [0.2, 0.25) is 0 Å². The zero-order chi connectivity index (χ0) is 19.3. The molecule has 0 spiro atoms. The second-order valence-electron chi connectivity index (χ2n) is 5.78. The van der Waals surface area contributed by atoms with Crippen LogP contribution in [0.1, 0.15) is 25.3 Å². The lowest BCUT2D eigenvalue weighted by Crippen LogP contribution is -2.33. The Morgan fingerprint density at radius 2 is 2.08 bits per heavy atom. The highest BCUT2D eigenvalue weighted by atomic mass is 16.6. The number of non-ortho nitro benzene ring substituents is 1. The number of ether oxygens (including phenoxy) is 1. The summed E-state index contributed by atoms with van der Waals surface area (Å²) in [7, 11) is 2.79. The van der Waals surface area contributed by atoms with Crippen molar-refractivity contribution in [1.82, 2.24) is 5.48 Å². The number of esters is 1. The lowest BCUT2D eigenvalue weighted by molar-refractivity contribution is -0.384. The van der Waals surface area contributed by atoms with E-state index in [4.69, 9.17) is 9.57 Å². The first-order valence-corrected chi connectivity index (χ1v) is 7.93. The van der Waals surface area contributed by atoms with Crippen molar-refractivity contribution in [1.29, 1.82) is 0 Å². The number of nitrogens with zero attached hydrogens (tertiary/aromatic N) is 2. The number of benzene rings is 1. The van der Waals surface area contributed by atoms with Crippen molar-refractivity contribution in [3.8, 4) is 0 Å². The molecule has 0 aromatic heterocycles. The molecule has 0 bridgehead atoms. The summed E-state index contributed by atoms with van der Waals surface area (Å²) in [6.07, 6.45) is 3.32. The average Bonchev–Trinajstić information content (AvgIpc) is 2.62. The van der Waals surface area contributed by atoms with Gasteiger partial charge in [0.05, 0.1) is 19.1 Å². The number of allylic oxidation sites excluding steroid dienone is 3. The minimum absolute atomic E-state index is 0.0396. The van der Waals surface area contributed by atoms with E-state index in [1.54, 1.807) is 31.3 Å². The summed E-state index contributed by atoms with van der Waals surface area (Å²) in [6.45, 7) is 3.58. The van der Waals surface area contributed by atoms with Crippen molar-refractivity contribution in [2.24, 2.45) is 10.9 Å². The molecule has 138 valence electrons. The quantitative estimate of drug-likeness (QED) is 0.476. The molecule has 1 aliphatic heterocycles. The van der Waals surface area contributed by atoms with Gasteiger partial charge in [0, 0.05) is 35.7 Å². The summed E-state index contributed by atoms with van der Waals surface area (Å²) < 4.78 is 4.96. The Bertz CT molecular complexity index is 798. The van der Waals surface area contributed by atoms with Crippen LogP contribution in [0.3, 0.4) is 0 Å². The lowest BCUT2D eigenvalue weighted by Gasteiger charge is -2.31. The summed E-state index contributed by atoms with van der Waals surface area (Å²) >= 11 is 0. The molecule has 0 amide bonds. The third-order valence-corrected chi connectivity index (χ3v) is 4.22. The van der Waals surface area contributed by atoms with Crippen molar-refractivity contribution >= 4 is 17.4 Å². The molecule has 2 rings (SSSR count). The number of hydrogen-bond acceptors (Lipinski definition) is 7. The van der Waals surface area contributed by atoms with Crippen LogP contribution in [-0.2, 0) is 14.4 Å². The van der Waals surface area contributed by atoms with Crippen LogP contribution in [0.15, 0.2) is 52.8 Å². The third-order valence-electron chi connectivity index (χ3n) is 4.22. The number of carbonyl (C=O) groups is 1. The molecule has 2 atom stereocenters. The second kappa shape index (κ2) is 8.39. The number of nitrogens with one attached hydrogen (secondary N) is 1. The molecule has 1 aromatic rings. The van der Waals surface area contributed by atoms with Crippen molar-refractivity contribution in [3.05, 3.63) is 63.5 Å². The van der Waals surface area contributed by atoms with E-state index < -0.39 is 22.7 Å². The van der Waals surface area contributed by atoms with Gasteiger partial charge < -0.3 is 4.74 Å². The normalized spacial score (nSPS) is 20.1. The standard InChI is InChI=1S/C18H21N3O5/c1-11-15(8-9-19-26-4)17(16(12(2)20-11)18(22)25-3)13-6-5-7-14(10-13)21(23)24/h5-10,16-17,19H,1-4H3. The number of aliphatic imine (C=N–C) groups is 1. The fourth-order valence-electron chi connectivity index (χ4n) is 3.10. The van der Waals surface area contributed by atoms with Crippen LogP contribution in [0.25, 0.3) is 0 Å². The average molecular weight is 359 g/mol. The van der Waals surface area contributed by atoms with E-state index in [0.717, 1.165) is 5.57 Å². The SMILES string of the molecule is CONC=CC1=C(C)N=C(C)C(C(=O)OC)C1c1cccc([N+](=O)[O-])c1. The maximum atomic E-state index is 12.4. The number of rotatable bonds is 6. The van der Waals surface area contributed by atoms with Crippen LogP contribution >= 0.6 is 0 Å². The number of methoxy groups -OCH3 is 1. The first-order chi connectivity index (χ1) is 12.4. The van der Waals surface area contributed by atoms with E-state index >= 15 is 0 Å². The highest BCUT2D eigenvalue weighted by Crippen LogP contribution is 2.40. The molecule has 0 aliphatic carbocycles. The molecule has 1 heterocycles. The van der Waals surface area contributed by atoms with Crippen LogP contribution in [-0.4, -0.2) is 30.8 Å². The number of carbonyl (C=O) groups excluding carboxylic acids is 1. The summed E-state index contributed by atoms with van der Waals surface area (Å²) in [4.78, 5) is 32.4. The van der Waals surface area contributed by atoms with E-state index in [2.05, 4.69) is 10.5 Å². The van der Waals surface area contributed by atoms with Gasteiger partial charge in [0.15, 0.2) is 0 Å². The maximum absolute atomic E-state index is 12.4. The van der Waals surface area contributed by atoms with Crippen molar-refractivity contribution < 1.29 is 19.3 Å². The van der Waals surface area contributed by atoms with Crippen molar-refractivity contribution in [2.45, 2.75) is 19.8 Å². The zero-order valence-corrected chi connectivity index (χ0v) is 15.1. The van der Waals surface area contributed by atoms with E-state index in [1.165, 1.54) is 26.4 Å². The highest BCUT2D eigenvalue weighted by Gasteiger charge is 2.38. The number of nitro groups is 1. The summed E-state index contributed by atoms with van der Waals surface area (Å²) in [5.41, 5.74) is 5.26. The lowest BCUT2D eigenvalue weighted by atomic mass is 9.75. The smallest absolute Gasteiger partial charge is 0.315 e. The van der Waals surface area contributed by atoms with Gasteiger partial charge in [-0.05, 0) is 31.1 Å². The molecular weight excluding hydrogens is 338 g/mol. The molecule has 1 N–H and O–H groups in total. The van der Waals surface area contributed by atoms with E-state index in [0.29, 0.717) is 17.0 Å². The molecule has 8 heteroatoms. The molecule has 2 unspecified atom stereocenters. The van der Waals surface area contributed by atoms with Gasteiger partial charge in [0.25, 0.3) is 5.69 Å². The summed E-state index contributed by atoms with van der Waals surface area (Å²) in [5.74, 6) is -1.58. The molecule has 0 saturated heterocycles. The molecule has 1 aromatic carbocycles. The van der Waals surface area contributed by atoms with E-state index in [9.17, 15) is 14.9 Å². The largest absolute Gasteiger partial charge is 0.468 e. The fraction of sp³-hybridized carbons (Fsp3) is 0.333. The van der Waals surface area contributed by atoms with Gasteiger partial charge in [-0.1, -0.05) is 12.1 Å². The second-order valence-corrected chi connectivity index (χ2v) is 5.78. The molecule has 0 radical (unpaired) electrons. The third kappa shape index (κ3) is 3.97. The van der Waals surface area contributed by atoms with Gasteiger partial charge in [-0.15, -0.1) is 0 Å². The molecule has 26 heavy (non-hydrogen) atoms. The topological polar surface area (TPSA) is 103 Å². The number of hydrogen-bond donors (Lipinski definition) is 1. The predicted molar refractivity (Wildman–Crippen MR) is 96.4 cm³/mol. The Hall–Kier alpha value is -3.00. The van der Waals surface area contributed by atoms with Crippen LogP contribution in [0.5, 0.6) is 0 Å². The van der Waals surface area contributed by atoms with Gasteiger partial charge in [-0.25, -0.2) is 0 Å². The fourth-order valence-corrected chi connectivity index (χ4v) is 3.10. The Kier molecular flexibility index (Phi) is 6.24. The number of nitro benzene ring substituents is 1. The minimum Gasteiger partial charge on any atom is -0.468 e. The van der Waals surface area contributed by atoms with Crippen molar-refractivity contribution in [2.75, 3.05) is 14.2 Å². The molecule has 1 aliphatic rings. The Balaban J connectivity index is 2.62. The summed E-state index contributed by atoms with van der Waals surface area (Å²) in [5, 5.41) is 11.2. The Morgan fingerprint density at radius 3 is 2.69 bits per heavy atom. The zero-order valence-electron chi connectivity index (χ0n) is 15.1. The monoisotopic (exact) mass is 359 g/mol. The predicted octanol–water partition coefficient (Wildman–Crippen LogP) is 2.88. The van der Waals surface area contributed by atoms with Crippen molar-refractivity contribution in [3.63, 3.8) is 0 Å². The maximum Gasteiger partial charge on any atom is 0.315 e. The highest BCUT2D eigenvalue weighted by molar-refractivity contribution is 6.03. The van der Waals surface area contributed by atoms with Gasteiger partial charge in [0.1, 0.15) is 5.92 Å². The minimum atomic E-state index is -0.673. The molecular formula is C18H21N3O5. The molecule has 0 fully saturated rings.